The van der Waals surface area contributed by atoms with Crippen LogP contribution < -0.4 is 10.1 Å². The molecule has 0 aliphatic rings. The number of furan rings is 1. The number of amides is 1. The molecule has 1 aromatic heterocycles. The number of nitrogens with one attached hydrogen (secondary N) is 1. The fourth-order valence-corrected chi connectivity index (χ4v) is 2.71. The summed E-state index contributed by atoms with van der Waals surface area (Å²) in [7, 11) is 0. The van der Waals surface area contributed by atoms with Crippen molar-refractivity contribution in [1.82, 2.24) is 0 Å². The summed E-state index contributed by atoms with van der Waals surface area (Å²) in [6.45, 7) is 2.46. The number of hydrogen-bond acceptors (Lipinski definition) is 4. The van der Waals surface area contributed by atoms with Crippen molar-refractivity contribution in [3.63, 3.8) is 0 Å². The third-order valence-corrected chi connectivity index (χ3v) is 4.05. The Morgan fingerprint density at radius 2 is 2.00 bits per heavy atom. The van der Waals surface area contributed by atoms with Crippen LogP contribution in [0.25, 0.3) is 17.4 Å². The molecule has 140 valence electrons. The van der Waals surface area contributed by atoms with Crippen molar-refractivity contribution in [2.75, 3.05) is 11.9 Å². The van der Waals surface area contributed by atoms with Crippen molar-refractivity contribution in [2.24, 2.45) is 0 Å². The number of hydrogen-bond donors (Lipinski definition) is 1. The van der Waals surface area contributed by atoms with E-state index in [0.717, 1.165) is 5.56 Å². The molecule has 3 aromatic rings. The Bertz CT molecular complexity index is 1050. The monoisotopic (exact) mass is 392 g/mol. The Morgan fingerprint density at radius 1 is 1.21 bits per heavy atom. The molecule has 5 nitrogen and oxygen atoms in total. The van der Waals surface area contributed by atoms with E-state index in [1.165, 1.54) is 6.08 Å². The van der Waals surface area contributed by atoms with Gasteiger partial charge in [-0.25, -0.2) is 0 Å². The molecule has 0 aliphatic heterocycles. The lowest BCUT2D eigenvalue weighted by molar-refractivity contribution is -0.112. The van der Waals surface area contributed by atoms with Crippen molar-refractivity contribution >= 4 is 29.3 Å². The minimum absolute atomic E-state index is 0.0686. The van der Waals surface area contributed by atoms with Crippen LogP contribution in [0, 0.1) is 11.3 Å². The first-order chi connectivity index (χ1) is 13.6. The van der Waals surface area contributed by atoms with Crippen LogP contribution in [-0.4, -0.2) is 12.5 Å². The van der Waals surface area contributed by atoms with Gasteiger partial charge in [-0.2, -0.15) is 5.26 Å². The number of carbonyl (C=O) groups excluding carboxylic acids is 1. The highest BCUT2D eigenvalue weighted by Crippen LogP contribution is 2.26. The van der Waals surface area contributed by atoms with E-state index < -0.39 is 5.91 Å². The maximum atomic E-state index is 12.4. The summed E-state index contributed by atoms with van der Waals surface area (Å²) in [5, 5.41) is 12.6. The summed E-state index contributed by atoms with van der Waals surface area (Å²) < 4.78 is 11.1. The Hall–Kier alpha value is -3.49. The maximum Gasteiger partial charge on any atom is 0.266 e. The second kappa shape index (κ2) is 8.94. The highest BCUT2D eigenvalue weighted by atomic mass is 35.5. The molecule has 0 aliphatic carbocycles. The number of halogens is 1. The van der Waals surface area contributed by atoms with Crippen molar-refractivity contribution in [2.45, 2.75) is 6.92 Å². The highest BCUT2D eigenvalue weighted by Gasteiger charge is 2.12. The predicted octanol–water partition coefficient (Wildman–Crippen LogP) is 5.54. The molecule has 0 unspecified atom stereocenters. The summed E-state index contributed by atoms with van der Waals surface area (Å²) in [4.78, 5) is 12.4. The van der Waals surface area contributed by atoms with Gasteiger partial charge in [-0.15, -0.1) is 0 Å². The average molecular weight is 393 g/mol. The number of ether oxygens (including phenoxy) is 1. The van der Waals surface area contributed by atoms with Crippen LogP contribution in [0.15, 0.2) is 70.7 Å². The first-order valence-electron chi connectivity index (χ1n) is 8.61. The zero-order valence-electron chi connectivity index (χ0n) is 15.1. The predicted molar refractivity (Wildman–Crippen MR) is 109 cm³/mol. The van der Waals surface area contributed by atoms with E-state index in [-0.39, 0.29) is 5.57 Å². The lowest BCUT2D eigenvalue weighted by Crippen LogP contribution is -2.13. The van der Waals surface area contributed by atoms with Gasteiger partial charge >= 0.3 is 0 Å². The number of anilines is 1. The number of nitrogens with zero attached hydrogens (tertiary/aromatic N) is 1. The summed E-state index contributed by atoms with van der Waals surface area (Å²) in [6.07, 6.45) is 1.40. The normalized spacial score (nSPS) is 11.0. The molecule has 0 atom stereocenters. The smallest absolute Gasteiger partial charge is 0.266 e. The Morgan fingerprint density at radius 3 is 2.68 bits per heavy atom. The average Bonchev–Trinajstić information content (AvgIpc) is 3.16. The van der Waals surface area contributed by atoms with Gasteiger partial charge in [0, 0.05) is 22.3 Å². The van der Waals surface area contributed by atoms with Gasteiger partial charge in [0.1, 0.15) is 28.9 Å². The van der Waals surface area contributed by atoms with Gasteiger partial charge in [0.05, 0.1) is 6.61 Å². The Balaban J connectivity index is 1.74. The third kappa shape index (κ3) is 4.81. The standard InChI is InChI=1S/C22H17ClN2O3/c1-2-27-19-8-6-18(7-9-19)25-22(26)16(14-24)13-20-10-11-21(28-20)15-4-3-5-17(23)12-15/h3-13H,2H2,1H3,(H,25,26)/b16-13+. The lowest BCUT2D eigenvalue weighted by Gasteiger charge is -2.06. The fourth-order valence-electron chi connectivity index (χ4n) is 2.52. The molecule has 0 saturated heterocycles. The second-order valence-corrected chi connectivity index (χ2v) is 6.23. The molecule has 0 radical (unpaired) electrons. The van der Waals surface area contributed by atoms with E-state index in [0.29, 0.717) is 34.6 Å². The van der Waals surface area contributed by atoms with Gasteiger partial charge in [-0.1, -0.05) is 23.7 Å². The zero-order chi connectivity index (χ0) is 19.9. The largest absolute Gasteiger partial charge is 0.494 e. The Kier molecular flexibility index (Phi) is 6.15. The molecular formula is C22H17ClN2O3. The summed E-state index contributed by atoms with van der Waals surface area (Å²) >= 11 is 6.00. The van der Waals surface area contributed by atoms with Crippen LogP contribution in [-0.2, 0) is 4.79 Å². The molecule has 1 N–H and O–H groups in total. The van der Waals surface area contributed by atoms with E-state index in [4.69, 9.17) is 20.8 Å². The van der Waals surface area contributed by atoms with Crippen molar-refractivity contribution < 1.29 is 13.9 Å². The van der Waals surface area contributed by atoms with Crippen molar-refractivity contribution in [1.29, 1.82) is 5.26 Å². The van der Waals surface area contributed by atoms with Crippen LogP contribution in [0.1, 0.15) is 12.7 Å². The van der Waals surface area contributed by atoms with E-state index in [2.05, 4.69) is 5.32 Å². The van der Waals surface area contributed by atoms with Crippen LogP contribution in [0.2, 0.25) is 5.02 Å². The van der Waals surface area contributed by atoms with Crippen molar-refractivity contribution in [3.05, 3.63) is 77.0 Å². The van der Waals surface area contributed by atoms with Crippen LogP contribution in [0.5, 0.6) is 5.75 Å². The molecule has 2 aromatic carbocycles. The molecule has 1 amide bonds. The molecule has 1 heterocycles. The van der Waals surface area contributed by atoms with Gasteiger partial charge in [-0.05, 0) is 55.5 Å². The first kappa shape index (κ1) is 19.3. The zero-order valence-corrected chi connectivity index (χ0v) is 15.9. The van der Waals surface area contributed by atoms with Crippen molar-refractivity contribution in [3.8, 4) is 23.1 Å². The highest BCUT2D eigenvalue weighted by molar-refractivity contribution is 6.30. The van der Waals surface area contributed by atoms with E-state index in [1.54, 1.807) is 48.5 Å². The van der Waals surface area contributed by atoms with Crippen LogP contribution >= 0.6 is 11.6 Å². The molecule has 0 fully saturated rings. The van der Waals surface area contributed by atoms with E-state index in [9.17, 15) is 10.1 Å². The fraction of sp³-hybridized carbons (Fsp3) is 0.0909. The van der Waals surface area contributed by atoms with Gasteiger partial charge < -0.3 is 14.5 Å². The number of carbonyl (C=O) groups is 1. The SMILES string of the molecule is CCOc1ccc(NC(=O)/C(C#N)=C/c2ccc(-c3cccc(Cl)c3)o2)cc1. The van der Waals surface area contributed by atoms with Crippen LogP contribution in [0.3, 0.4) is 0 Å². The van der Waals surface area contributed by atoms with Gasteiger partial charge in [0.2, 0.25) is 0 Å². The number of nitriles is 1. The quantitative estimate of drug-likeness (QED) is 0.441. The minimum Gasteiger partial charge on any atom is -0.494 e. The molecule has 0 bridgehead atoms. The summed E-state index contributed by atoms with van der Waals surface area (Å²) in [6, 6.07) is 19.5. The Labute approximate surface area is 167 Å². The topological polar surface area (TPSA) is 75.3 Å². The lowest BCUT2D eigenvalue weighted by atomic mass is 10.2. The molecule has 6 heteroatoms. The minimum atomic E-state index is -0.521. The molecule has 3 rings (SSSR count). The maximum absolute atomic E-state index is 12.4. The van der Waals surface area contributed by atoms with Crippen LogP contribution in [0.4, 0.5) is 5.69 Å². The molecular weight excluding hydrogens is 376 g/mol. The number of rotatable bonds is 6. The van der Waals surface area contributed by atoms with Gasteiger partial charge in [0.25, 0.3) is 5.91 Å². The second-order valence-electron chi connectivity index (χ2n) is 5.79. The summed E-state index contributed by atoms with van der Waals surface area (Å²) in [5.74, 6) is 1.18. The molecule has 28 heavy (non-hydrogen) atoms. The molecule has 0 saturated carbocycles. The number of benzene rings is 2. The third-order valence-electron chi connectivity index (χ3n) is 3.81. The van der Waals surface area contributed by atoms with E-state index in [1.807, 2.05) is 25.1 Å². The molecule has 0 spiro atoms. The summed E-state index contributed by atoms with van der Waals surface area (Å²) in [5.41, 5.74) is 1.30. The van der Waals surface area contributed by atoms with Gasteiger partial charge in [0.15, 0.2) is 0 Å². The van der Waals surface area contributed by atoms with Gasteiger partial charge in [-0.3, -0.25) is 4.79 Å². The van der Waals surface area contributed by atoms with E-state index >= 15 is 0 Å². The first-order valence-corrected chi connectivity index (χ1v) is 8.98.